The lowest BCUT2D eigenvalue weighted by Gasteiger charge is -2.17. The van der Waals surface area contributed by atoms with E-state index in [2.05, 4.69) is 29.3 Å². The molecule has 0 fully saturated rings. The largest absolute Gasteiger partial charge is 0.308 e. The average molecular weight is 127 g/mol. The zero-order chi connectivity index (χ0) is 6.69. The van der Waals surface area contributed by atoms with Crippen molar-refractivity contribution < 1.29 is 0 Å². The highest BCUT2D eigenvalue weighted by Crippen LogP contribution is 2.00. The third-order valence-corrected chi connectivity index (χ3v) is 1.43. The lowest BCUT2D eigenvalue weighted by atomic mass is 10.4. The Balaban J connectivity index is 2.28. The molecule has 1 aliphatic rings. The van der Waals surface area contributed by atoms with Gasteiger partial charge in [-0.3, -0.25) is 4.99 Å². The van der Waals surface area contributed by atoms with Crippen LogP contribution < -0.4 is 5.43 Å². The van der Waals surface area contributed by atoms with Crippen LogP contribution in [0.1, 0.15) is 20.3 Å². The number of hydrogen-bond donors (Lipinski definition) is 1. The topological polar surface area (TPSA) is 27.6 Å². The molecule has 1 atom stereocenters. The molecule has 3 heteroatoms. The molecular weight excluding hydrogens is 114 g/mol. The van der Waals surface area contributed by atoms with Crippen molar-refractivity contribution in [3.8, 4) is 0 Å². The van der Waals surface area contributed by atoms with Crippen LogP contribution in [-0.2, 0) is 0 Å². The molecule has 0 aliphatic carbocycles. The minimum absolute atomic E-state index is 0.324. The van der Waals surface area contributed by atoms with E-state index in [0.717, 1.165) is 6.54 Å². The van der Waals surface area contributed by atoms with Crippen LogP contribution in [0.5, 0.6) is 0 Å². The smallest absolute Gasteiger partial charge is 0.118 e. The summed E-state index contributed by atoms with van der Waals surface area (Å²) in [6.45, 7) is 5.31. The Morgan fingerprint density at radius 3 is 3.00 bits per heavy atom. The molecule has 0 radical (unpaired) electrons. The maximum Gasteiger partial charge on any atom is 0.118 e. The standard InChI is InChI=1S/C6H13N3/c1-3-4-9-6(2)7-5-8-9/h5-6H,3-4H2,1-2H3,(H,7,8). The third kappa shape index (κ3) is 1.42. The van der Waals surface area contributed by atoms with Gasteiger partial charge in [0.25, 0.3) is 0 Å². The second kappa shape index (κ2) is 2.82. The Morgan fingerprint density at radius 1 is 1.78 bits per heavy atom. The van der Waals surface area contributed by atoms with Crippen molar-refractivity contribution >= 4 is 6.34 Å². The van der Waals surface area contributed by atoms with Crippen LogP contribution in [0.4, 0.5) is 0 Å². The number of hydrazine groups is 1. The number of nitrogens with zero attached hydrogens (tertiary/aromatic N) is 2. The van der Waals surface area contributed by atoms with E-state index in [1.54, 1.807) is 6.34 Å². The van der Waals surface area contributed by atoms with E-state index in [1.807, 2.05) is 0 Å². The summed E-state index contributed by atoms with van der Waals surface area (Å²) in [6, 6.07) is 0. The molecule has 0 bridgehead atoms. The van der Waals surface area contributed by atoms with Crippen LogP contribution in [-0.4, -0.2) is 24.1 Å². The summed E-state index contributed by atoms with van der Waals surface area (Å²) in [5.74, 6) is 0. The quantitative estimate of drug-likeness (QED) is 0.588. The van der Waals surface area contributed by atoms with Crippen LogP contribution in [0.3, 0.4) is 0 Å². The molecule has 52 valence electrons. The normalized spacial score (nSPS) is 26.7. The summed E-state index contributed by atoms with van der Waals surface area (Å²) in [5, 5.41) is 2.11. The van der Waals surface area contributed by atoms with Crippen molar-refractivity contribution in [3.05, 3.63) is 0 Å². The van der Waals surface area contributed by atoms with E-state index < -0.39 is 0 Å². The second-order valence-corrected chi connectivity index (χ2v) is 2.23. The minimum atomic E-state index is 0.324. The number of aliphatic imine (C=N–C) groups is 1. The van der Waals surface area contributed by atoms with Gasteiger partial charge in [-0.1, -0.05) is 6.92 Å². The van der Waals surface area contributed by atoms with Crippen molar-refractivity contribution in [1.82, 2.24) is 10.4 Å². The lowest BCUT2D eigenvalue weighted by molar-refractivity contribution is 0.203. The first kappa shape index (κ1) is 6.55. The molecule has 9 heavy (non-hydrogen) atoms. The lowest BCUT2D eigenvalue weighted by Crippen LogP contribution is -2.37. The van der Waals surface area contributed by atoms with Gasteiger partial charge in [-0.2, -0.15) is 5.01 Å². The number of rotatable bonds is 2. The molecule has 0 aromatic carbocycles. The number of hydrogen-bond acceptors (Lipinski definition) is 3. The van der Waals surface area contributed by atoms with Gasteiger partial charge in [0.2, 0.25) is 0 Å². The predicted octanol–water partition coefficient (Wildman–Crippen LogP) is 0.591. The molecule has 0 saturated heterocycles. The number of nitrogens with one attached hydrogen (secondary N) is 1. The van der Waals surface area contributed by atoms with Gasteiger partial charge in [-0.15, -0.1) is 0 Å². The van der Waals surface area contributed by atoms with Crippen molar-refractivity contribution in [2.24, 2.45) is 4.99 Å². The second-order valence-electron chi connectivity index (χ2n) is 2.23. The van der Waals surface area contributed by atoms with E-state index in [9.17, 15) is 0 Å². The summed E-state index contributed by atoms with van der Waals surface area (Å²) in [6.07, 6.45) is 3.24. The zero-order valence-electron chi connectivity index (χ0n) is 5.96. The van der Waals surface area contributed by atoms with Crippen LogP contribution in [0.25, 0.3) is 0 Å². The van der Waals surface area contributed by atoms with Crippen molar-refractivity contribution in [2.45, 2.75) is 26.4 Å². The van der Waals surface area contributed by atoms with Crippen molar-refractivity contribution in [3.63, 3.8) is 0 Å². The molecule has 1 unspecified atom stereocenters. The maximum absolute atomic E-state index is 4.13. The Bertz CT molecular complexity index is 111. The van der Waals surface area contributed by atoms with Gasteiger partial charge in [0.1, 0.15) is 6.17 Å². The Labute approximate surface area is 55.7 Å². The molecule has 0 saturated carbocycles. The van der Waals surface area contributed by atoms with Crippen LogP contribution in [0, 0.1) is 0 Å². The molecule has 0 aromatic heterocycles. The summed E-state index contributed by atoms with van der Waals surface area (Å²) in [7, 11) is 0. The van der Waals surface area contributed by atoms with Gasteiger partial charge >= 0.3 is 0 Å². The molecule has 1 heterocycles. The fourth-order valence-electron chi connectivity index (χ4n) is 0.896. The minimum Gasteiger partial charge on any atom is -0.308 e. The highest BCUT2D eigenvalue weighted by molar-refractivity contribution is 5.55. The Morgan fingerprint density at radius 2 is 2.56 bits per heavy atom. The van der Waals surface area contributed by atoms with Gasteiger partial charge in [0, 0.05) is 6.54 Å². The summed E-state index contributed by atoms with van der Waals surface area (Å²) < 4.78 is 0. The van der Waals surface area contributed by atoms with E-state index in [1.165, 1.54) is 6.42 Å². The van der Waals surface area contributed by atoms with Crippen LogP contribution in [0.2, 0.25) is 0 Å². The monoisotopic (exact) mass is 127 g/mol. The van der Waals surface area contributed by atoms with Gasteiger partial charge in [-0.25, -0.2) is 0 Å². The highest BCUT2D eigenvalue weighted by Gasteiger charge is 2.12. The first-order valence-electron chi connectivity index (χ1n) is 3.39. The van der Waals surface area contributed by atoms with Gasteiger partial charge in [-0.05, 0) is 13.3 Å². The molecule has 3 nitrogen and oxygen atoms in total. The fourth-order valence-corrected chi connectivity index (χ4v) is 0.896. The predicted molar refractivity (Wildman–Crippen MR) is 38.1 cm³/mol. The highest BCUT2D eigenvalue weighted by atomic mass is 15.6. The molecule has 0 aromatic rings. The van der Waals surface area contributed by atoms with E-state index in [-0.39, 0.29) is 0 Å². The molecular formula is C6H13N3. The van der Waals surface area contributed by atoms with E-state index in [4.69, 9.17) is 0 Å². The summed E-state index contributed by atoms with van der Waals surface area (Å²) in [4.78, 5) is 4.13. The van der Waals surface area contributed by atoms with Crippen molar-refractivity contribution in [2.75, 3.05) is 6.54 Å². The van der Waals surface area contributed by atoms with Gasteiger partial charge in [0.05, 0.1) is 6.34 Å². The van der Waals surface area contributed by atoms with Crippen molar-refractivity contribution in [1.29, 1.82) is 0 Å². The van der Waals surface area contributed by atoms with Crippen LogP contribution >= 0.6 is 0 Å². The molecule has 0 spiro atoms. The first-order valence-corrected chi connectivity index (χ1v) is 3.39. The SMILES string of the molecule is CCCN1NC=NC1C. The molecule has 0 amide bonds. The average Bonchev–Trinajstić information content (AvgIpc) is 2.18. The van der Waals surface area contributed by atoms with Crippen LogP contribution in [0.15, 0.2) is 4.99 Å². The Kier molecular flexibility index (Phi) is 2.05. The first-order chi connectivity index (χ1) is 4.34. The Hall–Kier alpha value is -0.570. The van der Waals surface area contributed by atoms with Gasteiger partial charge in [0.15, 0.2) is 0 Å². The fraction of sp³-hybridized carbons (Fsp3) is 0.833. The maximum atomic E-state index is 4.13. The van der Waals surface area contributed by atoms with Gasteiger partial charge < -0.3 is 5.43 Å². The third-order valence-electron chi connectivity index (χ3n) is 1.43. The molecule has 1 N–H and O–H groups in total. The van der Waals surface area contributed by atoms with E-state index >= 15 is 0 Å². The zero-order valence-corrected chi connectivity index (χ0v) is 5.96. The molecule has 1 aliphatic heterocycles. The summed E-state index contributed by atoms with van der Waals surface area (Å²) >= 11 is 0. The molecule has 1 rings (SSSR count). The van der Waals surface area contributed by atoms with E-state index in [0.29, 0.717) is 6.17 Å². The summed E-state index contributed by atoms with van der Waals surface area (Å²) in [5.41, 5.74) is 3.05.